The van der Waals surface area contributed by atoms with Crippen molar-refractivity contribution in [2.24, 2.45) is 4.99 Å². The van der Waals surface area contributed by atoms with Gasteiger partial charge in [0, 0.05) is 40.0 Å². The van der Waals surface area contributed by atoms with E-state index in [-0.39, 0.29) is 13.2 Å². The van der Waals surface area contributed by atoms with Gasteiger partial charge in [-0.3, -0.25) is 0 Å². The molecule has 2 rings (SSSR count). The van der Waals surface area contributed by atoms with Crippen molar-refractivity contribution in [2.45, 2.75) is 38.8 Å². The van der Waals surface area contributed by atoms with Gasteiger partial charge in [0.05, 0.1) is 26.4 Å². The fourth-order valence-electron chi connectivity index (χ4n) is 3.36. The first kappa shape index (κ1) is 24.2. The number of rotatable bonds is 12. The van der Waals surface area contributed by atoms with Crippen LogP contribution >= 0.6 is 0 Å². The number of benzene rings is 1. The van der Waals surface area contributed by atoms with Gasteiger partial charge in [-0.05, 0) is 43.9 Å². The number of aliphatic hydroxyl groups is 1. The molecule has 0 atom stereocenters. The van der Waals surface area contributed by atoms with Gasteiger partial charge in [0.15, 0.2) is 17.5 Å². The van der Waals surface area contributed by atoms with Gasteiger partial charge in [-0.25, -0.2) is 4.99 Å². The number of likely N-dealkylation sites (tertiary alicyclic amines) is 1. The Morgan fingerprint density at radius 1 is 1.17 bits per heavy atom. The molecule has 1 saturated heterocycles. The van der Waals surface area contributed by atoms with Crippen molar-refractivity contribution in [3.05, 3.63) is 23.8 Å². The molecule has 8 nitrogen and oxygen atoms in total. The third-order valence-corrected chi connectivity index (χ3v) is 4.91. The van der Waals surface area contributed by atoms with Crippen LogP contribution in [-0.4, -0.2) is 82.4 Å². The highest BCUT2D eigenvalue weighted by molar-refractivity contribution is 5.80. The zero-order valence-electron chi connectivity index (χ0n) is 18.6. The van der Waals surface area contributed by atoms with Crippen molar-refractivity contribution in [1.29, 1.82) is 0 Å². The van der Waals surface area contributed by atoms with Gasteiger partial charge >= 0.3 is 0 Å². The van der Waals surface area contributed by atoms with Gasteiger partial charge in [0.1, 0.15) is 6.61 Å². The van der Waals surface area contributed by atoms with Crippen LogP contribution < -0.4 is 14.8 Å². The van der Waals surface area contributed by atoms with Gasteiger partial charge in [-0.2, -0.15) is 0 Å². The normalized spacial score (nSPS) is 15.3. The first-order chi connectivity index (χ1) is 14.7. The second kappa shape index (κ2) is 14.1. The molecule has 30 heavy (non-hydrogen) atoms. The number of methoxy groups -OCH3 is 2. The maximum Gasteiger partial charge on any atom is 0.194 e. The van der Waals surface area contributed by atoms with Gasteiger partial charge in [0.2, 0.25) is 0 Å². The lowest BCUT2D eigenvalue weighted by atomic mass is 10.1. The molecule has 0 bridgehead atoms. The highest BCUT2D eigenvalue weighted by Crippen LogP contribution is 2.28. The second-order valence-electron chi connectivity index (χ2n) is 7.13. The van der Waals surface area contributed by atoms with Crippen LogP contribution in [0.1, 0.15) is 31.7 Å². The minimum atomic E-state index is -0.0316. The summed E-state index contributed by atoms with van der Waals surface area (Å²) in [5.41, 5.74) is 1.04. The van der Waals surface area contributed by atoms with Gasteiger partial charge in [-0.1, -0.05) is 6.07 Å². The van der Waals surface area contributed by atoms with E-state index in [9.17, 15) is 0 Å². The third kappa shape index (κ3) is 8.01. The minimum absolute atomic E-state index is 0.0316. The van der Waals surface area contributed by atoms with Crippen molar-refractivity contribution < 1.29 is 24.1 Å². The number of hydrogen-bond donors (Lipinski definition) is 2. The van der Waals surface area contributed by atoms with E-state index in [0.717, 1.165) is 63.6 Å². The topological polar surface area (TPSA) is 84.8 Å². The Hall–Kier alpha value is -2.03. The van der Waals surface area contributed by atoms with E-state index >= 15 is 0 Å². The van der Waals surface area contributed by atoms with Crippen LogP contribution in [0.4, 0.5) is 0 Å². The summed E-state index contributed by atoms with van der Waals surface area (Å²) in [4.78, 5) is 7.12. The maximum atomic E-state index is 8.94. The van der Waals surface area contributed by atoms with Gasteiger partial charge in [-0.15, -0.1) is 0 Å². The number of nitrogens with one attached hydrogen (secondary N) is 1. The van der Waals surface area contributed by atoms with E-state index in [1.165, 1.54) is 0 Å². The summed E-state index contributed by atoms with van der Waals surface area (Å²) in [6, 6.07) is 5.76. The SMILES string of the molecule is CCNC(=NCc1ccc(OCCO)c(OC)c1)N1CCC(OCCCOC)CC1. The molecule has 2 N–H and O–H groups in total. The number of aliphatic imine (C=N–C) groups is 1. The number of piperidine rings is 1. The average Bonchev–Trinajstić information content (AvgIpc) is 2.79. The summed E-state index contributed by atoms with van der Waals surface area (Å²) in [5.74, 6) is 2.20. The Labute approximate surface area is 180 Å². The van der Waals surface area contributed by atoms with Crippen molar-refractivity contribution in [3.63, 3.8) is 0 Å². The Morgan fingerprint density at radius 2 is 1.97 bits per heavy atom. The standard InChI is InChI=1S/C22H37N3O5/c1-4-23-22(25-10-8-19(9-11-25)29-14-5-13-27-2)24-17-18-6-7-20(30-15-12-26)21(16-18)28-3/h6-7,16,19,26H,4-5,8-15,17H2,1-3H3,(H,23,24). The minimum Gasteiger partial charge on any atom is -0.493 e. The Bertz CT molecular complexity index is 633. The summed E-state index contributed by atoms with van der Waals surface area (Å²) >= 11 is 0. The number of ether oxygens (including phenoxy) is 4. The summed E-state index contributed by atoms with van der Waals surface area (Å²) in [5, 5.41) is 12.3. The summed E-state index contributed by atoms with van der Waals surface area (Å²) in [6.45, 7) is 7.02. The summed E-state index contributed by atoms with van der Waals surface area (Å²) in [6.07, 6.45) is 3.26. The molecule has 0 aromatic heterocycles. The quantitative estimate of drug-likeness (QED) is 0.302. The molecule has 0 aliphatic carbocycles. The highest BCUT2D eigenvalue weighted by atomic mass is 16.5. The Balaban J connectivity index is 1.91. The van der Waals surface area contributed by atoms with Crippen LogP contribution in [0.5, 0.6) is 11.5 Å². The molecule has 170 valence electrons. The van der Waals surface area contributed by atoms with Crippen molar-refractivity contribution in [1.82, 2.24) is 10.2 Å². The molecule has 0 saturated carbocycles. The molecular weight excluding hydrogens is 386 g/mol. The fraction of sp³-hybridized carbons (Fsp3) is 0.682. The molecule has 0 amide bonds. The number of guanidine groups is 1. The lowest BCUT2D eigenvalue weighted by Crippen LogP contribution is -2.47. The second-order valence-corrected chi connectivity index (χ2v) is 7.13. The van der Waals surface area contributed by atoms with Crippen LogP contribution in [0, 0.1) is 0 Å². The Morgan fingerprint density at radius 3 is 2.63 bits per heavy atom. The fourth-order valence-corrected chi connectivity index (χ4v) is 3.36. The zero-order valence-corrected chi connectivity index (χ0v) is 18.6. The third-order valence-electron chi connectivity index (χ3n) is 4.91. The highest BCUT2D eigenvalue weighted by Gasteiger charge is 2.21. The predicted molar refractivity (Wildman–Crippen MR) is 117 cm³/mol. The molecule has 1 aliphatic heterocycles. The molecule has 1 fully saturated rings. The van der Waals surface area contributed by atoms with E-state index in [1.807, 2.05) is 18.2 Å². The monoisotopic (exact) mass is 423 g/mol. The van der Waals surface area contributed by atoms with Crippen LogP contribution in [0.25, 0.3) is 0 Å². The van der Waals surface area contributed by atoms with Gasteiger partial charge in [0.25, 0.3) is 0 Å². The van der Waals surface area contributed by atoms with E-state index < -0.39 is 0 Å². The van der Waals surface area contributed by atoms with E-state index in [4.69, 9.17) is 29.0 Å². The molecule has 1 aromatic carbocycles. The average molecular weight is 424 g/mol. The molecule has 8 heteroatoms. The smallest absolute Gasteiger partial charge is 0.194 e. The molecular formula is C22H37N3O5. The first-order valence-electron chi connectivity index (χ1n) is 10.8. The number of hydrogen-bond acceptors (Lipinski definition) is 6. The largest absolute Gasteiger partial charge is 0.493 e. The van der Waals surface area contributed by atoms with Crippen LogP contribution in [0.2, 0.25) is 0 Å². The molecule has 0 unspecified atom stereocenters. The molecule has 1 aliphatic rings. The lowest BCUT2D eigenvalue weighted by Gasteiger charge is -2.34. The number of nitrogens with zero attached hydrogens (tertiary/aromatic N) is 2. The predicted octanol–water partition coefficient (Wildman–Crippen LogP) is 2.05. The molecule has 1 heterocycles. The van der Waals surface area contributed by atoms with Gasteiger partial charge < -0.3 is 34.3 Å². The first-order valence-corrected chi connectivity index (χ1v) is 10.8. The number of aliphatic hydroxyl groups excluding tert-OH is 1. The zero-order chi connectivity index (χ0) is 21.6. The lowest BCUT2D eigenvalue weighted by molar-refractivity contribution is 0.00990. The van der Waals surface area contributed by atoms with Crippen molar-refractivity contribution in [2.75, 3.05) is 60.3 Å². The summed E-state index contributed by atoms with van der Waals surface area (Å²) in [7, 11) is 3.33. The van der Waals surface area contributed by atoms with Crippen molar-refractivity contribution in [3.8, 4) is 11.5 Å². The van der Waals surface area contributed by atoms with Crippen LogP contribution in [0.3, 0.4) is 0 Å². The van der Waals surface area contributed by atoms with E-state index in [2.05, 4.69) is 17.1 Å². The molecule has 1 aromatic rings. The Kier molecular flexibility index (Phi) is 11.4. The molecule has 0 spiro atoms. The van der Waals surface area contributed by atoms with E-state index in [0.29, 0.717) is 24.1 Å². The molecule has 0 radical (unpaired) electrons. The summed E-state index contributed by atoms with van der Waals surface area (Å²) < 4.78 is 21.9. The maximum absolute atomic E-state index is 8.94. The van der Waals surface area contributed by atoms with Crippen LogP contribution in [0.15, 0.2) is 23.2 Å². The van der Waals surface area contributed by atoms with Crippen LogP contribution in [-0.2, 0) is 16.0 Å². The van der Waals surface area contributed by atoms with E-state index in [1.54, 1.807) is 14.2 Å². The van der Waals surface area contributed by atoms with Crippen molar-refractivity contribution >= 4 is 5.96 Å².